The highest BCUT2D eigenvalue weighted by Crippen LogP contribution is 2.14. The number of rotatable bonds is 6. The van der Waals surface area contributed by atoms with Gasteiger partial charge in [0.15, 0.2) is 0 Å². The Morgan fingerprint density at radius 3 is 2.14 bits per heavy atom. The van der Waals surface area contributed by atoms with Crippen molar-refractivity contribution in [3.05, 3.63) is 71.3 Å². The molecular formula is C19H26BrN. The molecule has 0 amide bonds. The summed E-state index contributed by atoms with van der Waals surface area (Å²) in [6, 6.07) is 20.4. The minimum atomic E-state index is 0. The Bertz CT molecular complexity index is 507. The van der Waals surface area contributed by atoms with Crippen molar-refractivity contribution in [1.82, 2.24) is 5.32 Å². The van der Waals surface area contributed by atoms with Crippen LogP contribution in [0.1, 0.15) is 43.0 Å². The molecule has 0 aliphatic carbocycles. The van der Waals surface area contributed by atoms with Gasteiger partial charge in [-0.1, -0.05) is 60.2 Å². The van der Waals surface area contributed by atoms with Gasteiger partial charge in [0.2, 0.25) is 0 Å². The molecule has 0 saturated carbocycles. The summed E-state index contributed by atoms with van der Waals surface area (Å²) in [7, 11) is 0. The molecule has 1 nitrogen and oxygen atoms in total. The predicted molar refractivity (Wildman–Crippen MR) is 97.3 cm³/mol. The Kier molecular flexibility index (Phi) is 7.69. The number of halogens is 1. The van der Waals surface area contributed by atoms with Crippen LogP contribution in [0.4, 0.5) is 0 Å². The van der Waals surface area contributed by atoms with E-state index in [1.165, 1.54) is 23.1 Å². The van der Waals surface area contributed by atoms with Gasteiger partial charge in [0.25, 0.3) is 0 Å². The van der Waals surface area contributed by atoms with Crippen LogP contribution >= 0.6 is 17.0 Å². The van der Waals surface area contributed by atoms with Crippen LogP contribution in [0.3, 0.4) is 0 Å². The molecule has 0 aliphatic heterocycles. The maximum atomic E-state index is 3.68. The van der Waals surface area contributed by atoms with Crippen LogP contribution < -0.4 is 5.32 Å². The Balaban J connectivity index is 0.00000220. The lowest BCUT2D eigenvalue weighted by atomic mass is 10.0. The quantitative estimate of drug-likeness (QED) is 0.752. The van der Waals surface area contributed by atoms with E-state index >= 15 is 0 Å². The van der Waals surface area contributed by atoms with E-state index in [1.807, 2.05) is 0 Å². The van der Waals surface area contributed by atoms with Crippen LogP contribution in [0.15, 0.2) is 54.6 Å². The molecule has 0 spiro atoms. The van der Waals surface area contributed by atoms with Crippen molar-refractivity contribution >= 4 is 17.0 Å². The number of aryl methyl sites for hydroxylation is 2. The Hall–Kier alpha value is -1.12. The molecule has 0 unspecified atom stereocenters. The molecular weight excluding hydrogens is 322 g/mol. The predicted octanol–water partition coefficient (Wildman–Crippen LogP) is 5.24. The third kappa shape index (κ3) is 6.03. The maximum Gasteiger partial charge on any atom is 0.0294 e. The topological polar surface area (TPSA) is 12.0 Å². The van der Waals surface area contributed by atoms with Crippen molar-refractivity contribution in [2.45, 2.75) is 45.7 Å². The summed E-state index contributed by atoms with van der Waals surface area (Å²) in [4.78, 5) is 0. The average Bonchev–Trinajstić information content (AvgIpc) is 2.47. The van der Waals surface area contributed by atoms with Gasteiger partial charge in [-0.15, -0.1) is 17.0 Å². The van der Waals surface area contributed by atoms with Gasteiger partial charge in [-0.3, -0.25) is 0 Å². The van der Waals surface area contributed by atoms with E-state index in [4.69, 9.17) is 0 Å². The highest BCUT2D eigenvalue weighted by Gasteiger charge is 2.09. The second-order valence-corrected chi connectivity index (χ2v) is 5.72. The fraction of sp³-hybridized carbons (Fsp3) is 0.368. The zero-order valence-corrected chi connectivity index (χ0v) is 14.9. The summed E-state index contributed by atoms with van der Waals surface area (Å²) < 4.78 is 0. The third-order valence-corrected chi connectivity index (χ3v) is 3.82. The van der Waals surface area contributed by atoms with E-state index in [0.717, 1.165) is 6.42 Å². The largest absolute Gasteiger partial charge is 0.308 e. The molecule has 21 heavy (non-hydrogen) atoms. The minimum absolute atomic E-state index is 0. The van der Waals surface area contributed by atoms with Gasteiger partial charge in [0.05, 0.1) is 0 Å². The summed E-state index contributed by atoms with van der Waals surface area (Å²) in [5.74, 6) is 0. The first-order valence-electron chi connectivity index (χ1n) is 7.51. The molecule has 0 saturated heterocycles. The first kappa shape index (κ1) is 17.9. The standard InChI is InChI=1S/C19H25N.BrH/c1-15-9-12-18(13-10-15)14-11-16(2)20-17(3)19-7-5-4-6-8-19;/h4-10,12-13,16-17,20H,11,14H2,1-3H3;1H/t16-,17+;/m1./s1. The van der Waals surface area contributed by atoms with Gasteiger partial charge in [-0.25, -0.2) is 0 Å². The molecule has 2 atom stereocenters. The van der Waals surface area contributed by atoms with Gasteiger partial charge >= 0.3 is 0 Å². The van der Waals surface area contributed by atoms with E-state index in [0.29, 0.717) is 12.1 Å². The second-order valence-electron chi connectivity index (χ2n) is 5.72. The molecule has 0 aromatic heterocycles. The van der Waals surface area contributed by atoms with Crippen molar-refractivity contribution in [2.75, 3.05) is 0 Å². The molecule has 0 aliphatic rings. The zero-order valence-electron chi connectivity index (χ0n) is 13.2. The van der Waals surface area contributed by atoms with E-state index in [1.54, 1.807) is 0 Å². The number of hydrogen-bond donors (Lipinski definition) is 1. The van der Waals surface area contributed by atoms with E-state index in [-0.39, 0.29) is 17.0 Å². The normalized spacial score (nSPS) is 13.3. The van der Waals surface area contributed by atoms with Gasteiger partial charge < -0.3 is 5.32 Å². The number of nitrogens with one attached hydrogen (secondary N) is 1. The fourth-order valence-electron chi connectivity index (χ4n) is 2.49. The van der Waals surface area contributed by atoms with Crippen molar-refractivity contribution in [3.8, 4) is 0 Å². The highest BCUT2D eigenvalue weighted by atomic mass is 79.9. The Labute approximate surface area is 139 Å². The molecule has 2 aromatic carbocycles. The van der Waals surface area contributed by atoms with Crippen LogP contribution in [0, 0.1) is 6.92 Å². The minimum Gasteiger partial charge on any atom is -0.308 e. The van der Waals surface area contributed by atoms with E-state index in [9.17, 15) is 0 Å². The molecule has 0 radical (unpaired) electrons. The fourth-order valence-corrected chi connectivity index (χ4v) is 2.49. The molecule has 114 valence electrons. The zero-order chi connectivity index (χ0) is 14.4. The number of hydrogen-bond acceptors (Lipinski definition) is 1. The lowest BCUT2D eigenvalue weighted by Gasteiger charge is -2.20. The molecule has 0 heterocycles. The van der Waals surface area contributed by atoms with E-state index in [2.05, 4.69) is 80.7 Å². The molecule has 0 fully saturated rings. The maximum absolute atomic E-state index is 3.68. The summed E-state index contributed by atoms with van der Waals surface area (Å²) in [5.41, 5.74) is 4.11. The van der Waals surface area contributed by atoms with Crippen LogP contribution in [-0.2, 0) is 6.42 Å². The smallest absolute Gasteiger partial charge is 0.0294 e. The van der Waals surface area contributed by atoms with E-state index < -0.39 is 0 Å². The van der Waals surface area contributed by atoms with Crippen molar-refractivity contribution in [2.24, 2.45) is 0 Å². The first-order valence-corrected chi connectivity index (χ1v) is 7.51. The van der Waals surface area contributed by atoms with Gasteiger partial charge in [-0.2, -0.15) is 0 Å². The third-order valence-electron chi connectivity index (χ3n) is 3.82. The Morgan fingerprint density at radius 1 is 0.905 bits per heavy atom. The molecule has 1 N–H and O–H groups in total. The lowest BCUT2D eigenvalue weighted by molar-refractivity contribution is 0.456. The molecule has 2 heteroatoms. The van der Waals surface area contributed by atoms with Crippen molar-refractivity contribution in [3.63, 3.8) is 0 Å². The van der Waals surface area contributed by atoms with Crippen LogP contribution in [0.2, 0.25) is 0 Å². The number of benzene rings is 2. The average molecular weight is 348 g/mol. The van der Waals surface area contributed by atoms with Crippen LogP contribution in [0.5, 0.6) is 0 Å². The monoisotopic (exact) mass is 347 g/mol. The Morgan fingerprint density at radius 2 is 1.52 bits per heavy atom. The van der Waals surface area contributed by atoms with Crippen molar-refractivity contribution in [1.29, 1.82) is 0 Å². The molecule has 2 rings (SSSR count). The molecule has 0 bridgehead atoms. The second kappa shape index (κ2) is 9.01. The summed E-state index contributed by atoms with van der Waals surface area (Å²) in [6.07, 6.45) is 2.30. The van der Waals surface area contributed by atoms with Gasteiger partial charge in [0, 0.05) is 12.1 Å². The summed E-state index contributed by atoms with van der Waals surface area (Å²) in [6.45, 7) is 6.64. The summed E-state index contributed by atoms with van der Waals surface area (Å²) in [5, 5.41) is 3.68. The summed E-state index contributed by atoms with van der Waals surface area (Å²) >= 11 is 0. The van der Waals surface area contributed by atoms with Gasteiger partial charge in [-0.05, 0) is 44.7 Å². The first-order chi connectivity index (χ1) is 9.65. The SMILES string of the molecule is Br.Cc1ccc(CC[C@@H](C)N[C@@H](C)c2ccccc2)cc1. The lowest BCUT2D eigenvalue weighted by Crippen LogP contribution is -2.29. The van der Waals surface area contributed by atoms with Gasteiger partial charge in [0.1, 0.15) is 0 Å². The van der Waals surface area contributed by atoms with Crippen molar-refractivity contribution < 1.29 is 0 Å². The van der Waals surface area contributed by atoms with Crippen LogP contribution in [-0.4, -0.2) is 6.04 Å². The van der Waals surface area contributed by atoms with Crippen LogP contribution in [0.25, 0.3) is 0 Å². The molecule has 2 aromatic rings. The highest BCUT2D eigenvalue weighted by molar-refractivity contribution is 8.93.